The van der Waals surface area contributed by atoms with Gasteiger partial charge in [0.15, 0.2) is 10.1 Å². The molecule has 14 nitrogen and oxygen atoms in total. The summed E-state index contributed by atoms with van der Waals surface area (Å²) in [5.41, 5.74) is 1.99. The quantitative estimate of drug-likeness (QED) is 0.141. The topological polar surface area (TPSA) is 167 Å². The van der Waals surface area contributed by atoms with Gasteiger partial charge in [-0.05, 0) is 48.9 Å². The zero-order valence-corrected chi connectivity index (χ0v) is 23.9. The van der Waals surface area contributed by atoms with Gasteiger partial charge in [0.1, 0.15) is 20.5 Å². The van der Waals surface area contributed by atoms with E-state index in [-0.39, 0.29) is 24.0 Å². The smallest absolute Gasteiger partial charge is 0.271 e. The second-order valence-corrected chi connectivity index (χ2v) is 10.7. The number of hydrazone groups is 2. The first-order valence-electron chi connectivity index (χ1n) is 13.5. The lowest BCUT2D eigenvalue weighted by atomic mass is 10.1. The van der Waals surface area contributed by atoms with Crippen molar-refractivity contribution in [3.05, 3.63) is 78.3 Å². The standard InChI is InChI=1S/C25H32Cl2N10O4/c26-22-8-6-18(14-28-22)12-20-16-30-24(32-36(38)39)34(20)10-4-2-1-3-5-11-35-21(17-31-25(35)33-37(40)41)13-19-7-9-23(27)29-15-19/h6-9,14-15,20-21H,1-5,10-13,16-17H2,(H,30,32)(H,31,33). The molecule has 2 atom stereocenters. The van der Waals surface area contributed by atoms with Gasteiger partial charge in [-0.25, -0.2) is 30.2 Å². The summed E-state index contributed by atoms with van der Waals surface area (Å²) < 4.78 is 0. The van der Waals surface area contributed by atoms with Crippen molar-refractivity contribution in [1.29, 1.82) is 0 Å². The Morgan fingerprint density at radius 1 is 0.756 bits per heavy atom. The van der Waals surface area contributed by atoms with Crippen LogP contribution in [0.3, 0.4) is 0 Å². The number of aromatic nitrogens is 2. The van der Waals surface area contributed by atoms with E-state index >= 15 is 0 Å². The van der Waals surface area contributed by atoms with Gasteiger partial charge in [-0.15, -0.1) is 0 Å². The first-order chi connectivity index (χ1) is 19.8. The fourth-order valence-electron chi connectivity index (χ4n) is 5.16. The van der Waals surface area contributed by atoms with Gasteiger partial charge in [0, 0.05) is 38.6 Å². The van der Waals surface area contributed by atoms with Crippen molar-refractivity contribution >= 4 is 35.1 Å². The normalized spacial score (nSPS) is 20.4. The fourth-order valence-corrected chi connectivity index (χ4v) is 5.39. The summed E-state index contributed by atoms with van der Waals surface area (Å²) in [6.45, 7) is 2.39. The lowest BCUT2D eigenvalue weighted by Crippen LogP contribution is -2.38. The molecule has 0 saturated carbocycles. The number of nitrogens with one attached hydrogen (secondary N) is 2. The maximum atomic E-state index is 11.0. The van der Waals surface area contributed by atoms with Crippen LogP contribution in [0.4, 0.5) is 0 Å². The van der Waals surface area contributed by atoms with E-state index in [9.17, 15) is 20.2 Å². The Bertz CT molecular complexity index is 1150. The number of hydrogen-bond acceptors (Lipinski definition) is 6. The maximum absolute atomic E-state index is 11.0. The van der Waals surface area contributed by atoms with Crippen molar-refractivity contribution in [2.45, 2.75) is 57.0 Å². The first-order valence-corrected chi connectivity index (χ1v) is 14.2. The molecule has 2 aromatic rings. The highest BCUT2D eigenvalue weighted by Gasteiger charge is 2.32. The summed E-state index contributed by atoms with van der Waals surface area (Å²) in [6.07, 6.45) is 9.30. The Kier molecular flexibility index (Phi) is 10.8. The molecule has 220 valence electrons. The Morgan fingerprint density at radius 3 is 1.54 bits per heavy atom. The summed E-state index contributed by atoms with van der Waals surface area (Å²) in [7, 11) is 0. The van der Waals surface area contributed by atoms with E-state index in [0.29, 0.717) is 49.3 Å². The number of rotatable bonds is 14. The third-order valence-electron chi connectivity index (χ3n) is 7.09. The van der Waals surface area contributed by atoms with Gasteiger partial charge in [0.25, 0.3) is 11.9 Å². The van der Waals surface area contributed by atoms with Gasteiger partial charge in [0.05, 0.1) is 12.1 Å². The molecule has 0 aliphatic carbocycles. The van der Waals surface area contributed by atoms with Crippen LogP contribution in [0.25, 0.3) is 0 Å². The van der Waals surface area contributed by atoms with Gasteiger partial charge in [-0.2, -0.15) is 0 Å². The molecule has 0 bridgehead atoms. The van der Waals surface area contributed by atoms with Crippen molar-refractivity contribution in [2.24, 2.45) is 10.2 Å². The molecular weight excluding hydrogens is 575 g/mol. The maximum Gasteiger partial charge on any atom is 0.271 e. The zero-order chi connectivity index (χ0) is 29.2. The molecule has 16 heteroatoms. The number of unbranched alkanes of at least 4 members (excludes halogenated alkanes) is 4. The largest absolute Gasteiger partial charge is 0.349 e. The molecular formula is C25H32Cl2N10O4. The summed E-state index contributed by atoms with van der Waals surface area (Å²) in [5, 5.41) is 34.8. The van der Waals surface area contributed by atoms with E-state index in [2.05, 4.69) is 30.8 Å². The lowest BCUT2D eigenvalue weighted by Gasteiger charge is -2.25. The van der Waals surface area contributed by atoms with Gasteiger partial charge in [-0.3, -0.25) is 0 Å². The Hall–Kier alpha value is -3.78. The van der Waals surface area contributed by atoms with E-state index in [4.69, 9.17) is 23.2 Å². The Balaban J connectivity index is 1.24. The fraction of sp³-hybridized carbons (Fsp3) is 0.520. The molecule has 0 amide bonds. The molecule has 2 N–H and O–H groups in total. The van der Waals surface area contributed by atoms with Crippen molar-refractivity contribution in [1.82, 2.24) is 30.4 Å². The molecule has 4 rings (SSSR count). The van der Waals surface area contributed by atoms with E-state index in [0.717, 1.165) is 43.2 Å². The summed E-state index contributed by atoms with van der Waals surface area (Å²) in [5.74, 6) is 0.561. The minimum Gasteiger partial charge on any atom is -0.349 e. The molecule has 2 aromatic heterocycles. The highest BCUT2D eigenvalue weighted by Crippen LogP contribution is 2.18. The SMILES string of the molecule is O=[N+]([O-])N=C1NCC(Cc2ccc(Cl)nc2)N1CCCCCCCN1C(=N[N+](=O)[O-])NCC1Cc1ccc(Cl)nc1. The molecule has 0 aromatic carbocycles. The summed E-state index contributed by atoms with van der Waals surface area (Å²) in [4.78, 5) is 34.3. The number of pyridine rings is 2. The van der Waals surface area contributed by atoms with Gasteiger partial charge < -0.3 is 20.4 Å². The van der Waals surface area contributed by atoms with Crippen LogP contribution < -0.4 is 10.6 Å². The first kappa shape index (κ1) is 30.2. The molecule has 4 heterocycles. The lowest BCUT2D eigenvalue weighted by molar-refractivity contribution is -0.485. The molecule has 2 unspecified atom stereocenters. The highest BCUT2D eigenvalue weighted by atomic mass is 35.5. The van der Waals surface area contributed by atoms with Crippen LogP contribution in [-0.2, 0) is 12.8 Å². The highest BCUT2D eigenvalue weighted by molar-refractivity contribution is 6.29. The van der Waals surface area contributed by atoms with E-state index in [1.807, 2.05) is 21.9 Å². The van der Waals surface area contributed by atoms with Crippen LogP contribution in [-0.4, -0.2) is 80.0 Å². The Labute approximate surface area is 247 Å². The molecule has 2 saturated heterocycles. The molecule has 0 radical (unpaired) electrons. The van der Waals surface area contributed by atoms with Crippen LogP contribution >= 0.6 is 23.2 Å². The summed E-state index contributed by atoms with van der Waals surface area (Å²) >= 11 is 11.8. The third kappa shape index (κ3) is 9.11. The van der Waals surface area contributed by atoms with E-state index in [1.54, 1.807) is 24.5 Å². The number of hydrogen-bond donors (Lipinski definition) is 2. The second kappa shape index (κ2) is 14.7. The van der Waals surface area contributed by atoms with Crippen LogP contribution in [0.1, 0.15) is 43.2 Å². The van der Waals surface area contributed by atoms with Crippen molar-refractivity contribution in [2.75, 3.05) is 26.2 Å². The molecule has 41 heavy (non-hydrogen) atoms. The van der Waals surface area contributed by atoms with Crippen molar-refractivity contribution < 1.29 is 10.1 Å². The predicted molar refractivity (Wildman–Crippen MR) is 155 cm³/mol. The Morgan fingerprint density at radius 2 is 1.17 bits per heavy atom. The molecule has 2 aliphatic heterocycles. The van der Waals surface area contributed by atoms with Gasteiger partial charge in [0.2, 0.25) is 0 Å². The summed E-state index contributed by atoms with van der Waals surface area (Å²) in [6, 6.07) is 7.32. The number of guanidine groups is 2. The van der Waals surface area contributed by atoms with Gasteiger partial charge in [-0.1, -0.05) is 54.6 Å². The minimum atomic E-state index is -0.679. The monoisotopic (exact) mass is 606 g/mol. The van der Waals surface area contributed by atoms with E-state index < -0.39 is 10.1 Å². The average Bonchev–Trinajstić information content (AvgIpc) is 3.48. The van der Waals surface area contributed by atoms with Crippen LogP contribution in [0.5, 0.6) is 0 Å². The number of halogens is 2. The molecule has 2 aliphatic rings. The minimum absolute atomic E-state index is 0.0198. The van der Waals surface area contributed by atoms with Crippen LogP contribution in [0, 0.1) is 20.2 Å². The van der Waals surface area contributed by atoms with Crippen molar-refractivity contribution in [3.8, 4) is 0 Å². The predicted octanol–water partition coefficient (Wildman–Crippen LogP) is 3.16. The van der Waals surface area contributed by atoms with Crippen LogP contribution in [0.2, 0.25) is 10.3 Å². The van der Waals surface area contributed by atoms with Crippen molar-refractivity contribution in [3.63, 3.8) is 0 Å². The van der Waals surface area contributed by atoms with Crippen LogP contribution in [0.15, 0.2) is 46.9 Å². The zero-order valence-electron chi connectivity index (χ0n) is 22.4. The molecule has 2 fully saturated rings. The third-order valence-corrected chi connectivity index (χ3v) is 7.54. The average molecular weight is 608 g/mol. The number of nitro groups is 2. The van der Waals surface area contributed by atoms with E-state index in [1.165, 1.54) is 0 Å². The number of nitrogens with zero attached hydrogens (tertiary/aromatic N) is 8. The van der Waals surface area contributed by atoms with Gasteiger partial charge >= 0.3 is 0 Å². The molecule has 0 spiro atoms. The second-order valence-electron chi connectivity index (χ2n) is 9.93.